The number of likely N-dealkylation sites (N-methyl/N-ethyl adjacent to an activating group) is 1. The number of phenols is 3. The molecule has 12 rings (SSSR count). The molecule has 5 aromatic carbocycles. The number of primary amides is 1. The number of phenolic OH excluding ortho intramolecular Hbond substituents is 3. The quantitative estimate of drug-likeness (QED) is 0.0328. The van der Waals surface area contributed by atoms with Crippen molar-refractivity contribution in [3.05, 3.63) is 117 Å². The summed E-state index contributed by atoms with van der Waals surface area (Å²) < 4.78 is 50.2. The molecule has 19 atom stereocenters. The molecule has 0 aromatic heterocycles. The van der Waals surface area contributed by atoms with Gasteiger partial charge in [-0.05, 0) is 117 Å². The number of aliphatic hydroxyl groups is 6. The summed E-state index contributed by atoms with van der Waals surface area (Å²) in [7, 11) is 2.66. The van der Waals surface area contributed by atoms with Crippen LogP contribution in [0.2, 0.25) is 10.0 Å². The number of aromatic hydroxyl groups is 3. The molecule has 38 heteroatoms. The fourth-order valence-electron chi connectivity index (χ4n) is 14.1. The van der Waals surface area contributed by atoms with Crippen LogP contribution in [-0.2, 0) is 66.8 Å². The Balaban J connectivity index is 1.19. The minimum atomic E-state index is -2.38. The Bertz CT molecular complexity index is 4430. The summed E-state index contributed by atoms with van der Waals surface area (Å²) in [5.74, 6) is -17.0. The summed E-state index contributed by atoms with van der Waals surface area (Å²) in [5.41, 5.74) is 1.42. The first-order valence-corrected chi connectivity index (χ1v) is 37.4. The number of rotatable bonds is 23. The van der Waals surface area contributed by atoms with Gasteiger partial charge in [0.2, 0.25) is 53.4 Å². The van der Waals surface area contributed by atoms with Crippen LogP contribution < -0.4 is 62.5 Å². The van der Waals surface area contributed by atoms with Gasteiger partial charge in [-0.2, -0.15) is 0 Å². The van der Waals surface area contributed by atoms with Crippen LogP contribution in [0.5, 0.6) is 46.0 Å². The first-order chi connectivity index (χ1) is 54.1. The summed E-state index contributed by atoms with van der Waals surface area (Å²) in [6.45, 7) is 7.76. The zero-order valence-electron chi connectivity index (χ0n) is 62.8. The molecule has 20 N–H and O–H groups in total. The maximum Gasteiger partial charge on any atom is 0.336 e. The van der Waals surface area contributed by atoms with Crippen LogP contribution in [0.1, 0.15) is 138 Å². The van der Waals surface area contributed by atoms with E-state index in [1.165, 1.54) is 33.2 Å². The molecule has 1 unspecified atom stereocenters. The number of hydrogen-bond donors (Lipinski definition) is 19. The third-order valence-electron chi connectivity index (χ3n) is 20.2. The second-order valence-corrected chi connectivity index (χ2v) is 29.8. The van der Waals surface area contributed by atoms with Crippen molar-refractivity contribution in [3.8, 4) is 57.1 Å². The van der Waals surface area contributed by atoms with Crippen LogP contribution in [0.25, 0.3) is 11.1 Å². The fraction of sp³-hybridized carbons (Fsp3) is 0.487. The molecule has 7 aliphatic heterocycles. The normalized spacial score (nSPS) is 27.7. The Hall–Kier alpha value is -9.77. The predicted molar refractivity (Wildman–Crippen MR) is 399 cm³/mol. The molecule has 2 saturated heterocycles. The Morgan fingerprint density at radius 1 is 0.719 bits per heavy atom. The lowest BCUT2D eigenvalue weighted by Crippen LogP contribution is -2.66. The summed E-state index contributed by atoms with van der Waals surface area (Å²) in [6, 6.07) is -0.910. The zero-order chi connectivity index (χ0) is 83.1. The van der Waals surface area contributed by atoms with E-state index >= 15 is 14.4 Å². The number of unbranched alkanes of at least 4 members (excludes halogenated alkanes) is 3. The number of nitrogens with two attached hydrogens (primary N) is 1. The Morgan fingerprint density at radius 2 is 1.35 bits per heavy atom. The van der Waals surface area contributed by atoms with Gasteiger partial charge in [-0.1, -0.05) is 81.4 Å². The van der Waals surface area contributed by atoms with E-state index < -0.39 is 249 Å². The molecule has 5 aromatic rings. The van der Waals surface area contributed by atoms with Crippen LogP contribution in [0.3, 0.4) is 0 Å². The van der Waals surface area contributed by atoms with Crippen LogP contribution in [-0.4, -0.2) is 223 Å². The van der Waals surface area contributed by atoms with Crippen molar-refractivity contribution < 1.29 is 132 Å². The van der Waals surface area contributed by atoms with Gasteiger partial charge in [0.15, 0.2) is 36.0 Å². The van der Waals surface area contributed by atoms with Crippen molar-refractivity contribution in [2.75, 3.05) is 33.9 Å². The summed E-state index contributed by atoms with van der Waals surface area (Å²) in [4.78, 5) is 131. The number of esters is 1. The molecule has 7 aliphatic rings. The van der Waals surface area contributed by atoms with Gasteiger partial charge < -0.3 is 137 Å². The van der Waals surface area contributed by atoms with Crippen molar-refractivity contribution in [1.82, 2.24) is 42.5 Å². The van der Waals surface area contributed by atoms with Crippen LogP contribution in [0.4, 0.5) is 0 Å². The lowest BCUT2D eigenvalue weighted by Gasteiger charge is -2.48. The number of ether oxygens (including phenoxy) is 8. The number of carbonyl (C=O) groups is 9. The van der Waals surface area contributed by atoms with Gasteiger partial charge in [-0.15, -0.1) is 0 Å². The number of benzene rings is 5. The molecule has 7 amide bonds. The number of methoxy groups -OCH3 is 1. The minimum absolute atomic E-state index is 0.113. The maximum absolute atomic E-state index is 16.2. The van der Waals surface area contributed by atoms with E-state index in [0.717, 1.165) is 86.0 Å². The SMILES string of the molecule is CCCCCCOC(CN[C@@]1(C)C[C@H](O[C@H]2[C@H](Oc3c4cc5cc3Oc3ccc(cc3Cl)[C@@H](O)[C@@H](NC(=O)[C@@H](CC(C)C)NC)C(=O)N[C@@H](CC(N)=O)C(=O)N[C@H]5C(=O)N[C@H]3C(=O)N[C@H](C(=O)N[C@H](C(=O)O)c5cc(O)cc(O)c5-c5cc3ccc5O)[C@H](O)c3ccc(c(Cl)c3)O4)O[C@H](CO)[C@@H](O)[C@@H]2O)O[C@@H](C)[C@H]1O)C(=O)OC. The molecule has 7 heterocycles. The molecule has 0 aliphatic carbocycles. The summed E-state index contributed by atoms with van der Waals surface area (Å²) in [5, 5.41) is 136. The van der Waals surface area contributed by atoms with Crippen molar-refractivity contribution in [2.24, 2.45) is 11.7 Å². The van der Waals surface area contributed by atoms with E-state index in [1.807, 2.05) is 20.8 Å². The summed E-state index contributed by atoms with van der Waals surface area (Å²) >= 11 is 14.3. The standard InChI is InChI=1S/C76H93Cl2N9O27/c1-8-9-10-11-18-108-50(74(106)107-7)29-81-76(5)28-53(109-32(4)66(76)97)113-65-63(96)62(95)51(30-88)112-75(65)114-64-48-23-36-24-49(64)111-47-17-14-35(22-41(47)78)61(94)59-72(103)85-57(73(104)105)39-25-37(89)26-45(91)54(39)38-20-33(12-15-44(38)90)55(69(100)87-59)84-70(101)56(36)83-68(99)43(27-52(79)92)82-71(102)58(86-67(98)42(80-6)19-31(2)3)60(93)34-13-16-46(110-48)40(77)21-34/h12-17,20-26,31-32,42-43,50-51,53,55-63,65-66,75,80-81,88-91,93-97H,8-11,18-19,27-30H2,1-7H3,(H2,79,92)(H,82,102)(H,83,99)(H,84,101)(H,85,103)(H,86,98)(H,87,100)(H,104,105)/t32-,42+,43-,50?,51+,53-,55+,56+,57-,58+,59-,60+,61+,62+,63-,65+,66+,75-,76-/m0/s1. The number of hydrogen-bond acceptors (Lipinski definition) is 28. The van der Waals surface area contributed by atoms with E-state index in [-0.39, 0.29) is 59.4 Å². The lowest BCUT2D eigenvalue weighted by atomic mass is 9.84. The highest BCUT2D eigenvalue weighted by molar-refractivity contribution is 6.32. The number of carboxylic acid groups (broad SMARTS) is 1. The first kappa shape index (κ1) is 86.6. The van der Waals surface area contributed by atoms with Crippen molar-refractivity contribution >= 4 is 76.5 Å². The third kappa shape index (κ3) is 19.6. The number of aliphatic carboxylic acids is 1. The topological polar surface area (TPSA) is 552 Å². The molecule has 114 heavy (non-hydrogen) atoms. The highest BCUT2D eigenvalue weighted by atomic mass is 35.5. The monoisotopic (exact) mass is 1630 g/mol. The number of carboxylic acids is 1. The Morgan fingerprint density at radius 3 is 1.96 bits per heavy atom. The van der Waals surface area contributed by atoms with E-state index in [0.29, 0.717) is 6.42 Å². The summed E-state index contributed by atoms with van der Waals surface area (Å²) in [6.07, 6.45) is -17.2. The van der Waals surface area contributed by atoms with Gasteiger partial charge >= 0.3 is 11.9 Å². The molecule has 36 nitrogen and oxygen atoms in total. The Labute approximate surface area is 662 Å². The zero-order valence-corrected chi connectivity index (χ0v) is 64.3. The predicted octanol–water partition coefficient (Wildman–Crippen LogP) is 1.88. The van der Waals surface area contributed by atoms with Crippen LogP contribution >= 0.6 is 23.2 Å². The van der Waals surface area contributed by atoms with Crippen molar-refractivity contribution in [1.29, 1.82) is 0 Å². The van der Waals surface area contributed by atoms with Gasteiger partial charge in [0.05, 0.1) is 48.4 Å². The van der Waals surface area contributed by atoms with E-state index in [9.17, 15) is 79.8 Å². The first-order valence-electron chi connectivity index (χ1n) is 36.7. The maximum atomic E-state index is 16.2. The molecule has 0 spiro atoms. The van der Waals surface area contributed by atoms with Gasteiger partial charge in [0, 0.05) is 47.9 Å². The smallest absolute Gasteiger partial charge is 0.336 e. The lowest BCUT2D eigenvalue weighted by molar-refractivity contribution is -0.334. The number of aliphatic hydroxyl groups excluding tert-OH is 6. The molecular weight excluding hydrogens is 1540 g/mol. The van der Waals surface area contributed by atoms with Crippen molar-refractivity contribution in [2.45, 2.75) is 195 Å². The number of nitrogens with one attached hydrogen (secondary N) is 8. The second kappa shape index (κ2) is 37.2. The highest BCUT2D eigenvalue weighted by Crippen LogP contribution is 2.50. The number of carbonyl (C=O) groups excluding carboxylic acids is 8. The average Bonchev–Trinajstić information content (AvgIpc) is 0.762. The van der Waals surface area contributed by atoms with Gasteiger partial charge in [0.1, 0.15) is 89.5 Å². The van der Waals surface area contributed by atoms with Gasteiger partial charge in [-0.25, -0.2) is 9.59 Å². The van der Waals surface area contributed by atoms with Gasteiger partial charge in [0.25, 0.3) is 0 Å². The molecule has 618 valence electrons. The number of halogens is 2. The van der Waals surface area contributed by atoms with Crippen LogP contribution in [0.15, 0.2) is 78.9 Å². The third-order valence-corrected chi connectivity index (χ3v) is 20.8. The van der Waals surface area contributed by atoms with E-state index in [2.05, 4.69) is 42.5 Å². The Kier molecular flexibility index (Phi) is 28.3. The highest BCUT2D eigenvalue weighted by Gasteiger charge is 2.53. The van der Waals surface area contributed by atoms with Gasteiger partial charge in [-0.3, -0.25) is 33.6 Å². The van der Waals surface area contributed by atoms with Crippen LogP contribution in [0, 0.1) is 5.92 Å². The second-order valence-electron chi connectivity index (χ2n) is 29.0. The van der Waals surface area contributed by atoms with E-state index in [4.69, 9.17) is 66.8 Å². The molecular formula is C76H93Cl2N9O27. The molecule has 0 saturated carbocycles. The number of fused-ring (bicyclic) bond motifs is 15. The minimum Gasteiger partial charge on any atom is -0.508 e. The molecule has 0 radical (unpaired) electrons. The van der Waals surface area contributed by atoms with E-state index in [1.54, 1.807) is 6.92 Å². The fourth-order valence-corrected chi connectivity index (χ4v) is 14.5. The molecule has 11 bridgehead atoms. The largest absolute Gasteiger partial charge is 0.508 e. The molecule has 2 fully saturated rings. The average molecular weight is 1640 g/mol. The van der Waals surface area contributed by atoms with Crippen molar-refractivity contribution in [3.63, 3.8) is 0 Å². The number of amides is 7.